The van der Waals surface area contributed by atoms with E-state index in [-0.39, 0.29) is 23.2 Å². The van der Waals surface area contributed by atoms with Crippen LogP contribution in [0.15, 0.2) is 35.2 Å². The molecule has 0 amide bonds. The van der Waals surface area contributed by atoms with Gasteiger partial charge in [-0.05, 0) is 63.4 Å². The molecule has 0 atom stereocenters. The number of hydrogen-bond donors (Lipinski definition) is 0. The van der Waals surface area contributed by atoms with Gasteiger partial charge in [0.1, 0.15) is 17.3 Å². The highest BCUT2D eigenvalue weighted by Gasteiger charge is 2.41. The van der Waals surface area contributed by atoms with Gasteiger partial charge in [-0.15, -0.1) is 0 Å². The van der Waals surface area contributed by atoms with Crippen LogP contribution in [0.1, 0.15) is 42.6 Å². The van der Waals surface area contributed by atoms with E-state index in [0.29, 0.717) is 30.4 Å². The van der Waals surface area contributed by atoms with Gasteiger partial charge in [0.2, 0.25) is 10.0 Å². The number of nitrogens with zero attached hydrogens (tertiary/aromatic N) is 2. The summed E-state index contributed by atoms with van der Waals surface area (Å²) in [6.07, 6.45) is 1.25. The first-order valence-electron chi connectivity index (χ1n) is 10.6. The lowest BCUT2D eigenvalue weighted by atomic mass is 10.0. The molecule has 1 saturated heterocycles. The zero-order chi connectivity index (χ0) is 25.0. The molecule has 0 radical (unpaired) electrons. The molecule has 0 bridgehead atoms. The average molecular weight is 493 g/mol. The zero-order valence-corrected chi connectivity index (χ0v) is 19.9. The average Bonchev–Trinajstić information content (AvgIpc) is 3.15. The summed E-state index contributed by atoms with van der Waals surface area (Å²) < 4.78 is 77.6. The van der Waals surface area contributed by atoms with Crippen molar-refractivity contribution in [3.05, 3.63) is 58.9 Å². The minimum absolute atomic E-state index is 0.0748. The first kappa shape index (κ1) is 24.2. The van der Waals surface area contributed by atoms with Crippen molar-refractivity contribution >= 4 is 26.9 Å². The molecule has 10 heteroatoms. The lowest BCUT2D eigenvalue weighted by Gasteiger charge is -2.30. The second kappa shape index (κ2) is 8.35. The van der Waals surface area contributed by atoms with Gasteiger partial charge in [-0.2, -0.15) is 4.31 Å². The van der Waals surface area contributed by atoms with E-state index in [2.05, 4.69) is 9.72 Å². The van der Waals surface area contributed by atoms with Crippen molar-refractivity contribution in [1.82, 2.24) is 9.29 Å². The molecular weight excluding hydrogens is 469 g/mol. The summed E-state index contributed by atoms with van der Waals surface area (Å²) in [6, 6.07) is 5.61. The van der Waals surface area contributed by atoms with Crippen LogP contribution in [0.25, 0.3) is 22.2 Å². The maximum absolute atomic E-state index is 15.2. The number of halogens is 3. The van der Waals surface area contributed by atoms with Gasteiger partial charge in [-0.25, -0.2) is 31.4 Å². The minimum Gasteiger partial charge on any atom is -0.465 e. The molecule has 0 aliphatic carbocycles. The van der Waals surface area contributed by atoms with E-state index >= 15 is 13.2 Å². The van der Waals surface area contributed by atoms with E-state index < -0.39 is 55.1 Å². The van der Waals surface area contributed by atoms with Crippen molar-refractivity contribution in [3.8, 4) is 11.3 Å². The maximum atomic E-state index is 15.2. The van der Waals surface area contributed by atoms with Crippen molar-refractivity contribution in [2.75, 3.05) is 13.7 Å². The lowest BCUT2D eigenvalue weighted by molar-refractivity contribution is 0.0601. The Morgan fingerprint density at radius 2 is 1.76 bits per heavy atom. The van der Waals surface area contributed by atoms with Gasteiger partial charge in [-0.1, -0.05) is 6.07 Å². The van der Waals surface area contributed by atoms with Crippen LogP contribution in [0.5, 0.6) is 0 Å². The summed E-state index contributed by atoms with van der Waals surface area (Å²) >= 11 is 0. The predicted molar refractivity (Wildman–Crippen MR) is 120 cm³/mol. The van der Waals surface area contributed by atoms with Gasteiger partial charge in [0, 0.05) is 17.5 Å². The maximum Gasteiger partial charge on any atom is 0.337 e. The van der Waals surface area contributed by atoms with Gasteiger partial charge < -0.3 is 4.74 Å². The highest BCUT2D eigenvalue weighted by atomic mass is 32.2. The summed E-state index contributed by atoms with van der Waals surface area (Å²) in [4.78, 5) is 15.4. The van der Waals surface area contributed by atoms with E-state index in [0.717, 1.165) is 0 Å². The fourth-order valence-corrected chi connectivity index (χ4v) is 6.27. The van der Waals surface area contributed by atoms with Crippen LogP contribution in [-0.2, 0) is 14.8 Å². The normalized spacial score (nSPS) is 16.2. The Hall–Kier alpha value is -2.98. The Morgan fingerprint density at radius 1 is 1.12 bits per heavy atom. The van der Waals surface area contributed by atoms with Gasteiger partial charge in [-0.3, -0.25) is 0 Å². The van der Waals surface area contributed by atoms with E-state index in [9.17, 15) is 13.2 Å². The summed E-state index contributed by atoms with van der Waals surface area (Å²) in [6.45, 7) is 5.16. The second-order valence-electron chi connectivity index (χ2n) is 8.88. The number of methoxy groups -OCH3 is 1. The number of carbonyl (C=O) groups is 1. The number of carbonyl (C=O) groups excluding carboxylic acids is 1. The summed E-state index contributed by atoms with van der Waals surface area (Å²) in [5.41, 5.74) is -1.75. The quantitative estimate of drug-likeness (QED) is 0.481. The Balaban J connectivity index is 1.88. The first-order valence-corrected chi connectivity index (χ1v) is 12.0. The fourth-order valence-electron chi connectivity index (χ4n) is 4.40. The number of aryl methyl sites for hydroxylation is 1. The molecule has 1 aliphatic heterocycles. The van der Waals surface area contributed by atoms with E-state index in [1.54, 1.807) is 13.8 Å². The molecule has 180 valence electrons. The highest BCUT2D eigenvalue weighted by molar-refractivity contribution is 7.89. The molecule has 34 heavy (non-hydrogen) atoms. The Kier molecular flexibility index (Phi) is 5.93. The van der Waals surface area contributed by atoms with Crippen molar-refractivity contribution in [1.29, 1.82) is 0 Å². The number of fused-ring (bicyclic) bond motifs is 1. The molecule has 3 aromatic rings. The Morgan fingerprint density at radius 3 is 2.32 bits per heavy atom. The molecule has 1 aromatic heterocycles. The summed E-state index contributed by atoms with van der Waals surface area (Å²) in [7, 11) is -2.97. The van der Waals surface area contributed by atoms with Gasteiger partial charge in [0.25, 0.3) is 0 Å². The molecule has 2 aromatic carbocycles. The number of pyridine rings is 1. The fraction of sp³-hybridized carbons (Fsp3) is 0.333. The monoisotopic (exact) mass is 492 g/mol. The third-order valence-electron chi connectivity index (χ3n) is 6.26. The van der Waals surface area contributed by atoms with Crippen molar-refractivity contribution in [3.63, 3.8) is 0 Å². The molecule has 1 fully saturated rings. The van der Waals surface area contributed by atoms with Gasteiger partial charge in [0.05, 0.1) is 28.6 Å². The zero-order valence-electron chi connectivity index (χ0n) is 19.1. The molecule has 4 rings (SSSR count). The number of ether oxygens (including phenoxy) is 1. The van der Waals surface area contributed by atoms with E-state index in [1.807, 2.05) is 0 Å². The van der Waals surface area contributed by atoms with Crippen LogP contribution in [0.3, 0.4) is 0 Å². The van der Waals surface area contributed by atoms with Crippen LogP contribution in [0, 0.1) is 24.4 Å². The molecule has 0 saturated carbocycles. The number of benzene rings is 2. The highest BCUT2D eigenvalue weighted by Crippen LogP contribution is 2.37. The molecule has 0 spiro atoms. The molecular formula is C24H23F3N2O4S. The van der Waals surface area contributed by atoms with Crippen LogP contribution in [0.2, 0.25) is 0 Å². The number of hydrogen-bond acceptors (Lipinski definition) is 5. The largest absolute Gasteiger partial charge is 0.465 e. The van der Waals surface area contributed by atoms with Crippen LogP contribution in [0.4, 0.5) is 13.2 Å². The molecule has 2 heterocycles. The summed E-state index contributed by atoms with van der Waals surface area (Å²) in [5, 5.41) is 0.352. The molecule has 1 aliphatic rings. The van der Waals surface area contributed by atoms with Crippen LogP contribution < -0.4 is 0 Å². The van der Waals surface area contributed by atoms with E-state index in [4.69, 9.17) is 0 Å². The number of sulfonamides is 1. The number of aromatic nitrogens is 1. The smallest absolute Gasteiger partial charge is 0.337 e. The van der Waals surface area contributed by atoms with E-state index in [1.165, 1.54) is 36.5 Å². The van der Waals surface area contributed by atoms with Gasteiger partial charge >= 0.3 is 5.97 Å². The van der Waals surface area contributed by atoms with Gasteiger partial charge in [0.15, 0.2) is 5.82 Å². The standard InChI is InChI=1S/C24H23F3N2O4S/c1-13-16-7-6-14(23(30)33-4)10-19(16)28-22(21(13)27)20-17(25)11-15(12-18(20)26)34(31,32)29-9-5-8-24(29,2)3/h6-7,10-12H,5,8-9H2,1-4H3. The minimum atomic E-state index is -4.17. The molecule has 6 nitrogen and oxygen atoms in total. The number of esters is 1. The molecule has 0 N–H and O–H groups in total. The second-order valence-corrected chi connectivity index (χ2v) is 10.7. The predicted octanol–water partition coefficient (Wildman–Crippen LogP) is 4.98. The topological polar surface area (TPSA) is 76.6 Å². The lowest BCUT2D eigenvalue weighted by Crippen LogP contribution is -2.42. The van der Waals surface area contributed by atoms with Crippen molar-refractivity contribution in [2.24, 2.45) is 0 Å². The third-order valence-corrected chi connectivity index (χ3v) is 8.35. The van der Waals surface area contributed by atoms with Crippen molar-refractivity contribution in [2.45, 2.75) is 44.0 Å². The molecule has 0 unspecified atom stereocenters. The SMILES string of the molecule is COC(=O)c1ccc2c(C)c(F)c(-c3c(F)cc(S(=O)(=O)N4CCCC4(C)C)cc3F)nc2c1. The van der Waals surface area contributed by atoms with Crippen LogP contribution in [-0.4, -0.2) is 42.9 Å². The van der Waals surface area contributed by atoms with Crippen LogP contribution >= 0.6 is 0 Å². The first-order chi connectivity index (χ1) is 15.9. The number of rotatable bonds is 4. The Labute approximate surface area is 195 Å². The van der Waals surface area contributed by atoms with Crippen molar-refractivity contribution < 1.29 is 31.1 Å². The Bertz CT molecular complexity index is 1410. The third kappa shape index (κ3) is 3.84. The summed E-state index contributed by atoms with van der Waals surface area (Å²) in [5.74, 6) is -4.12.